The van der Waals surface area contributed by atoms with E-state index in [2.05, 4.69) is 29.2 Å². The summed E-state index contributed by atoms with van der Waals surface area (Å²) in [6, 6.07) is 4.48. The summed E-state index contributed by atoms with van der Waals surface area (Å²) < 4.78 is 38.7. The molecule has 4 nitrogen and oxygen atoms in total. The molecule has 21 heavy (non-hydrogen) atoms. The first kappa shape index (κ1) is 15.5. The van der Waals surface area contributed by atoms with E-state index in [1.165, 1.54) is 6.20 Å². The average molecular weight is 298 g/mol. The van der Waals surface area contributed by atoms with E-state index in [1.54, 1.807) is 12.3 Å². The van der Waals surface area contributed by atoms with Gasteiger partial charge in [-0.15, -0.1) is 0 Å². The van der Waals surface area contributed by atoms with Crippen LogP contribution in [0.2, 0.25) is 0 Å². The summed E-state index contributed by atoms with van der Waals surface area (Å²) in [6.07, 6.45) is -1.62. The fraction of sp³-hybridized carbons (Fsp3) is 0.429. The van der Waals surface area contributed by atoms with Crippen molar-refractivity contribution in [3.05, 3.63) is 41.9 Å². The fourth-order valence-corrected chi connectivity index (χ4v) is 1.80. The Bertz CT molecular complexity index is 590. The van der Waals surface area contributed by atoms with Gasteiger partial charge in [-0.2, -0.15) is 18.3 Å². The molecule has 2 aromatic heterocycles. The molecule has 0 unspecified atom stereocenters. The molecule has 0 atom stereocenters. The molecule has 2 heterocycles. The van der Waals surface area contributed by atoms with Gasteiger partial charge in [0.1, 0.15) is 0 Å². The first-order valence-electron chi connectivity index (χ1n) is 6.65. The second kappa shape index (κ2) is 6.26. The molecule has 0 aliphatic carbocycles. The lowest BCUT2D eigenvalue weighted by atomic mass is 10.2. The minimum atomic E-state index is -4.44. The normalized spacial score (nSPS) is 12.1. The van der Waals surface area contributed by atoms with Crippen LogP contribution in [0.1, 0.15) is 25.1 Å². The highest BCUT2D eigenvalue weighted by Crippen LogP contribution is 2.27. The number of rotatable bonds is 5. The zero-order valence-corrected chi connectivity index (χ0v) is 11.9. The third-order valence-corrected chi connectivity index (χ3v) is 2.81. The van der Waals surface area contributed by atoms with Crippen molar-refractivity contribution < 1.29 is 13.2 Å². The van der Waals surface area contributed by atoms with Crippen molar-refractivity contribution in [2.24, 2.45) is 5.92 Å². The number of nitrogens with one attached hydrogen (secondary N) is 1. The van der Waals surface area contributed by atoms with Crippen LogP contribution < -0.4 is 5.32 Å². The Morgan fingerprint density at radius 1 is 1.29 bits per heavy atom. The van der Waals surface area contributed by atoms with E-state index >= 15 is 0 Å². The van der Waals surface area contributed by atoms with E-state index in [9.17, 15) is 13.2 Å². The molecule has 0 radical (unpaired) electrons. The van der Waals surface area contributed by atoms with E-state index in [4.69, 9.17) is 0 Å². The van der Waals surface area contributed by atoms with E-state index < -0.39 is 11.9 Å². The summed E-state index contributed by atoms with van der Waals surface area (Å²) in [4.78, 5) is 4.05. The summed E-state index contributed by atoms with van der Waals surface area (Å²) in [6.45, 7) is 5.72. The van der Waals surface area contributed by atoms with Gasteiger partial charge in [0.15, 0.2) is 11.5 Å². The highest BCUT2D eigenvalue weighted by atomic mass is 19.4. The number of hydrogen-bond acceptors (Lipinski definition) is 3. The second-order valence-corrected chi connectivity index (χ2v) is 5.19. The van der Waals surface area contributed by atoms with Crippen molar-refractivity contribution in [1.29, 1.82) is 0 Å². The van der Waals surface area contributed by atoms with Gasteiger partial charge < -0.3 is 5.32 Å². The Balaban J connectivity index is 2.12. The molecule has 0 saturated carbocycles. The van der Waals surface area contributed by atoms with Crippen LogP contribution in [-0.4, -0.2) is 21.3 Å². The largest absolute Gasteiger partial charge is 0.435 e. The Kier molecular flexibility index (Phi) is 4.62. The van der Waals surface area contributed by atoms with Crippen molar-refractivity contribution in [3.63, 3.8) is 0 Å². The molecule has 0 spiro atoms. The first-order valence-corrected chi connectivity index (χ1v) is 6.65. The Hall–Kier alpha value is -1.89. The lowest BCUT2D eigenvalue weighted by molar-refractivity contribution is -0.141. The lowest BCUT2D eigenvalue weighted by Crippen LogP contribution is -2.19. The number of hydrogen-bond donors (Lipinski definition) is 1. The smallest absolute Gasteiger partial charge is 0.312 e. The molecule has 2 rings (SSSR count). The van der Waals surface area contributed by atoms with Gasteiger partial charge >= 0.3 is 6.18 Å². The molecule has 0 aliphatic rings. The summed E-state index contributed by atoms with van der Waals surface area (Å²) >= 11 is 0. The summed E-state index contributed by atoms with van der Waals surface area (Å²) in [5, 5.41) is 6.78. The van der Waals surface area contributed by atoms with E-state index in [0.717, 1.165) is 22.9 Å². The monoisotopic (exact) mass is 298 g/mol. The standard InChI is InChI=1S/C14H17F3N4/c1-10(2)8-18-9-11-3-5-19-13(7-11)21-6-4-12(20-21)14(15,16)17/h3-7,10,18H,8-9H2,1-2H3. The minimum absolute atomic E-state index is 0.370. The van der Waals surface area contributed by atoms with Crippen molar-refractivity contribution in [2.75, 3.05) is 6.54 Å². The van der Waals surface area contributed by atoms with Crippen molar-refractivity contribution >= 4 is 0 Å². The van der Waals surface area contributed by atoms with Crippen LogP contribution in [0.5, 0.6) is 0 Å². The quantitative estimate of drug-likeness (QED) is 0.922. The lowest BCUT2D eigenvalue weighted by Gasteiger charge is -2.08. The molecule has 114 valence electrons. The average Bonchev–Trinajstić information content (AvgIpc) is 2.88. The molecule has 0 aliphatic heterocycles. The third-order valence-electron chi connectivity index (χ3n) is 2.81. The van der Waals surface area contributed by atoms with Gasteiger partial charge in [-0.05, 0) is 36.2 Å². The van der Waals surface area contributed by atoms with Crippen molar-refractivity contribution in [2.45, 2.75) is 26.6 Å². The van der Waals surface area contributed by atoms with Gasteiger partial charge in [-0.1, -0.05) is 13.8 Å². The van der Waals surface area contributed by atoms with Crippen LogP contribution in [0.15, 0.2) is 30.6 Å². The van der Waals surface area contributed by atoms with Gasteiger partial charge in [0.2, 0.25) is 0 Å². The molecule has 0 amide bonds. The van der Waals surface area contributed by atoms with Crippen LogP contribution in [0.4, 0.5) is 13.2 Å². The van der Waals surface area contributed by atoms with E-state index in [0.29, 0.717) is 18.3 Å². The maximum atomic E-state index is 12.5. The highest BCUT2D eigenvalue weighted by Gasteiger charge is 2.33. The number of nitrogens with zero attached hydrogens (tertiary/aromatic N) is 3. The van der Waals surface area contributed by atoms with Crippen LogP contribution >= 0.6 is 0 Å². The van der Waals surface area contributed by atoms with Crippen molar-refractivity contribution in [1.82, 2.24) is 20.1 Å². The molecule has 7 heteroatoms. The van der Waals surface area contributed by atoms with Crippen LogP contribution in [0.25, 0.3) is 5.82 Å². The summed E-state index contributed by atoms with van der Waals surface area (Å²) in [5.74, 6) is 0.904. The Morgan fingerprint density at radius 2 is 2.05 bits per heavy atom. The predicted molar refractivity (Wildman–Crippen MR) is 72.9 cm³/mol. The first-order chi connectivity index (χ1) is 9.86. The Morgan fingerprint density at radius 3 is 2.67 bits per heavy atom. The molecular formula is C14H17F3N4. The fourth-order valence-electron chi connectivity index (χ4n) is 1.80. The molecular weight excluding hydrogens is 281 g/mol. The minimum Gasteiger partial charge on any atom is -0.312 e. The number of pyridine rings is 1. The Labute approximate surface area is 121 Å². The van der Waals surface area contributed by atoms with Crippen LogP contribution in [0.3, 0.4) is 0 Å². The maximum Gasteiger partial charge on any atom is 0.435 e. The van der Waals surface area contributed by atoms with E-state index in [-0.39, 0.29) is 0 Å². The van der Waals surface area contributed by atoms with Gasteiger partial charge in [-0.3, -0.25) is 0 Å². The summed E-state index contributed by atoms with van der Waals surface area (Å²) in [7, 11) is 0. The molecule has 2 aromatic rings. The molecule has 1 N–H and O–H groups in total. The zero-order valence-electron chi connectivity index (χ0n) is 11.9. The van der Waals surface area contributed by atoms with Gasteiger partial charge in [-0.25, -0.2) is 9.67 Å². The molecule has 0 bridgehead atoms. The predicted octanol–water partition coefficient (Wildman–Crippen LogP) is 3.03. The van der Waals surface area contributed by atoms with Crippen LogP contribution in [-0.2, 0) is 12.7 Å². The third kappa shape index (κ3) is 4.29. The molecule has 0 aromatic carbocycles. The SMILES string of the molecule is CC(C)CNCc1ccnc(-n2ccc(C(F)(F)F)n2)c1. The highest BCUT2D eigenvalue weighted by molar-refractivity contribution is 5.27. The topological polar surface area (TPSA) is 42.7 Å². The second-order valence-electron chi connectivity index (χ2n) is 5.19. The number of alkyl halides is 3. The number of aromatic nitrogens is 3. The molecule has 0 fully saturated rings. The zero-order chi connectivity index (χ0) is 15.5. The number of halogens is 3. The summed E-state index contributed by atoms with van der Waals surface area (Å²) in [5.41, 5.74) is 0.0253. The molecule has 0 saturated heterocycles. The van der Waals surface area contributed by atoms with Gasteiger partial charge in [0.05, 0.1) is 0 Å². The van der Waals surface area contributed by atoms with E-state index in [1.807, 2.05) is 6.07 Å². The van der Waals surface area contributed by atoms with Crippen molar-refractivity contribution in [3.8, 4) is 5.82 Å². The van der Waals surface area contributed by atoms with Gasteiger partial charge in [0, 0.05) is 18.9 Å². The maximum absolute atomic E-state index is 12.5. The van der Waals surface area contributed by atoms with Gasteiger partial charge in [0.25, 0.3) is 0 Å². The van der Waals surface area contributed by atoms with Crippen LogP contribution in [0, 0.1) is 5.92 Å².